The van der Waals surface area contributed by atoms with E-state index in [4.69, 9.17) is 5.11 Å². The summed E-state index contributed by atoms with van der Waals surface area (Å²) in [5.41, 5.74) is 2.76. The predicted molar refractivity (Wildman–Crippen MR) is 97.8 cm³/mol. The van der Waals surface area contributed by atoms with Crippen LogP contribution in [0.2, 0.25) is 0 Å². The normalized spacial score (nSPS) is 14.9. The Balaban J connectivity index is 0.00000288. The van der Waals surface area contributed by atoms with Crippen molar-refractivity contribution in [2.75, 3.05) is 18.8 Å². The van der Waals surface area contributed by atoms with Crippen molar-refractivity contribution >= 4 is 22.8 Å². The molecule has 1 aliphatic heterocycles. The minimum atomic E-state index is -0.743. The molecule has 1 aromatic carbocycles. The van der Waals surface area contributed by atoms with Gasteiger partial charge in [0.25, 0.3) is 0 Å². The number of carboxylic acid groups (broad SMARTS) is 1. The Morgan fingerprint density at radius 2 is 1.71 bits per heavy atom. The highest BCUT2D eigenvalue weighted by Crippen LogP contribution is 2.23. The van der Waals surface area contributed by atoms with Crippen LogP contribution in [0.25, 0.3) is 0 Å². The molecule has 0 radical (unpaired) electrons. The lowest BCUT2D eigenvalue weighted by Gasteiger charge is -2.19. The maximum absolute atomic E-state index is 10.9. The minimum absolute atomic E-state index is 0. The van der Waals surface area contributed by atoms with Crippen LogP contribution in [0.4, 0.5) is 0 Å². The molecule has 2 rings (SSSR count). The fourth-order valence-electron chi connectivity index (χ4n) is 2.84. The molecule has 0 bridgehead atoms. The number of aliphatic carboxylic acids is 1. The number of hydrogen-bond donors (Lipinski definition) is 1. The van der Waals surface area contributed by atoms with Crippen LogP contribution in [-0.2, 0) is 16.6 Å². The molecule has 0 saturated carbocycles. The topological polar surface area (TPSA) is 40.3 Å². The van der Waals surface area contributed by atoms with Gasteiger partial charge in [-0.3, -0.25) is 4.79 Å². The van der Waals surface area contributed by atoms with Crippen molar-refractivity contribution in [2.45, 2.75) is 51.9 Å². The molecule has 1 aromatic rings. The SMILES string of the molecule is CC(C)(C)c1ccc(CC(SCC(=O)O)=[N+]2CCCCC2)cc1.[Br-]. The number of carboxylic acids is 1. The molecule has 3 nitrogen and oxygen atoms in total. The maximum Gasteiger partial charge on any atom is 0.314 e. The van der Waals surface area contributed by atoms with Gasteiger partial charge in [0.15, 0.2) is 0 Å². The zero-order valence-electron chi connectivity index (χ0n) is 14.8. The first kappa shape index (κ1) is 21.2. The summed E-state index contributed by atoms with van der Waals surface area (Å²) < 4.78 is 2.38. The zero-order valence-corrected chi connectivity index (χ0v) is 17.3. The molecule has 0 amide bonds. The van der Waals surface area contributed by atoms with Gasteiger partial charge in [0.05, 0.1) is 6.42 Å². The second kappa shape index (κ2) is 9.62. The summed E-state index contributed by atoms with van der Waals surface area (Å²) in [5.74, 6) is -0.598. The smallest absolute Gasteiger partial charge is 0.314 e. The predicted octanol–water partition coefficient (Wildman–Crippen LogP) is 0.943. The van der Waals surface area contributed by atoms with Gasteiger partial charge in [0.2, 0.25) is 5.04 Å². The summed E-state index contributed by atoms with van der Waals surface area (Å²) in [7, 11) is 0. The zero-order chi connectivity index (χ0) is 16.9. The summed E-state index contributed by atoms with van der Waals surface area (Å²) in [5, 5.41) is 10.2. The summed E-state index contributed by atoms with van der Waals surface area (Å²) >= 11 is 1.48. The van der Waals surface area contributed by atoms with Crippen LogP contribution in [-0.4, -0.2) is 39.5 Å². The van der Waals surface area contributed by atoms with E-state index in [2.05, 4.69) is 49.6 Å². The van der Waals surface area contributed by atoms with Crippen molar-refractivity contribution < 1.29 is 31.5 Å². The van der Waals surface area contributed by atoms with Gasteiger partial charge in [-0.2, -0.15) is 0 Å². The van der Waals surface area contributed by atoms with Crippen LogP contribution in [0.1, 0.15) is 51.2 Å². The molecule has 0 aromatic heterocycles. The van der Waals surface area contributed by atoms with E-state index < -0.39 is 5.97 Å². The summed E-state index contributed by atoms with van der Waals surface area (Å²) in [6.07, 6.45) is 4.54. The molecule has 0 unspecified atom stereocenters. The molecule has 1 heterocycles. The molecule has 134 valence electrons. The number of carbonyl (C=O) groups is 1. The van der Waals surface area contributed by atoms with Crippen molar-refractivity contribution in [1.82, 2.24) is 0 Å². The van der Waals surface area contributed by atoms with Gasteiger partial charge >= 0.3 is 5.97 Å². The highest BCUT2D eigenvalue weighted by molar-refractivity contribution is 8.14. The monoisotopic (exact) mass is 413 g/mol. The third-order valence-electron chi connectivity index (χ3n) is 4.25. The lowest BCUT2D eigenvalue weighted by Crippen LogP contribution is -3.00. The summed E-state index contributed by atoms with van der Waals surface area (Å²) in [6, 6.07) is 8.77. The molecule has 5 heteroatoms. The van der Waals surface area contributed by atoms with Gasteiger partial charge in [-0.05, 0) is 23.0 Å². The van der Waals surface area contributed by atoms with Crippen molar-refractivity contribution in [2.24, 2.45) is 0 Å². The number of rotatable bonds is 4. The van der Waals surface area contributed by atoms with Crippen LogP contribution in [0, 0.1) is 0 Å². The third-order valence-corrected chi connectivity index (χ3v) is 5.37. The van der Waals surface area contributed by atoms with Crippen LogP contribution in [0.3, 0.4) is 0 Å². The third kappa shape index (κ3) is 6.60. The van der Waals surface area contributed by atoms with E-state index in [1.54, 1.807) is 0 Å². The van der Waals surface area contributed by atoms with Gasteiger partial charge in [0.1, 0.15) is 18.8 Å². The van der Waals surface area contributed by atoms with E-state index in [1.807, 2.05) is 0 Å². The van der Waals surface area contributed by atoms with Gasteiger partial charge < -0.3 is 22.1 Å². The number of halogens is 1. The van der Waals surface area contributed by atoms with Crippen LogP contribution < -0.4 is 17.0 Å². The number of piperidine rings is 1. The molecule has 1 saturated heterocycles. The largest absolute Gasteiger partial charge is 1.00 e. The van der Waals surface area contributed by atoms with E-state index in [1.165, 1.54) is 47.2 Å². The van der Waals surface area contributed by atoms with Crippen LogP contribution >= 0.6 is 11.8 Å². The molecular weight excluding hydrogens is 386 g/mol. The standard InChI is InChI=1S/C19H27NO2S.BrH/c1-19(2,3)16-9-7-15(8-10-16)13-17(23-14-18(21)22)20-11-5-4-6-12-20;/h7-10H,4-6,11-14H2,1-3H3;1H. The molecule has 0 aliphatic carbocycles. The van der Waals surface area contributed by atoms with E-state index in [0.29, 0.717) is 0 Å². The van der Waals surface area contributed by atoms with Gasteiger partial charge in [0, 0.05) is 12.8 Å². The van der Waals surface area contributed by atoms with Crippen molar-refractivity contribution in [3.8, 4) is 0 Å². The Bertz CT molecular complexity index is 568. The van der Waals surface area contributed by atoms with E-state index in [-0.39, 0.29) is 28.1 Å². The van der Waals surface area contributed by atoms with Crippen molar-refractivity contribution in [3.63, 3.8) is 0 Å². The lowest BCUT2D eigenvalue weighted by molar-refractivity contribution is -0.535. The van der Waals surface area contributed by atoms with Gasteiger partial charge in [-0.1, -0.05) is 56.8 Å². The average Bonchev–Trinajstić information content (AvgIpc) is 2.51. The molecular formula is C19H28BrNO2S. The summed E-state index contributed by atoms with van der Waals surface area (Å²) in [4.78, 5) is 10.9. The first-order valence-corrected chi connectivity index (χ1v) is 9.39. The van der Waals surface area contributed by atoms with Crippen LogP contribution in [0.15, 0.2) is 24.3 Å². The second-order valence-corrected chi connectivity index (χ2v) is 8.30. The summed E-state index contributed by atoms with van der Waals surface area (Å²) in [6.45, 7) is 8.77. The maximum atomic E-state index is 10.9. The van der Waals surface area contributed by atoms with Crippen molar-refractivity contribution in [1.29, 1.82) is 0 Å². The highest BCUT2D eigenvalue weighted by atomic mass is 79.9. The van der Waals surface area contributed by atoms with Crippen LogP contribution in [0.5, 0.6) is 0 Å². The van der Waals surface area contributed by atoms with E-state index in [0.717, 1.165) is 19.5 Å². The van der Waals surface area contributed by atoms with Crippen molar-refractivity contribution in [3.05, 3.63) is 35.4 Å². The molecule has 1 aliphatic rings. The number of hydrogen-bond acceptors (Lipinski definition) is 2. The fraction of sp³-hybridized carbons (Fsp3) is 0.579. The lowest BCUT2D eigenvalue weighted by atomic mass is 9.86. The Kier molecular flexibility index (Phi) is 8.51. The quantitative estimate of drug-likeness (QED) is 0.589. The highest BCUT2D eigenvalue weighted by Gasteiger charge is 2.21. The molecule has 24 heavy (non-hydrogen) atoms. The van der Waals surface area contributed by atoms with E-state index in [9.17, 15) is 4.79 Å². The Hall–Kier alpha value is -0.810. The molecule has 1 N–H and O–H groups in total. The second-order valence-electron chi connectivity index (χ2n) is 7.25. The number of nitrogens with zero attached hydrogens (tertiary/aromatic N) is 1. The van der Waals surface area contributed by atoms with Gasteiger partial charge in [-0.25, -0.2) is 4.58 Å². The minimum Gasteiger partial charge on any atom is -1.00 e. The number of benzene rings is 1. The fourth-order valence-corrected chi connectivity index (χ4v) is 3.76. The Labute approximate surface area is 160 Å². The average molecular weight is 414 g/mol. The first-order valence-electron chi connectivity index (χ1n) is 8.41. The molecule has 0 spiro atoms. The number of thioether (sulfide) groups is 1. The Morgan fingerprint density at radius 3 is 2.21 bits per heavy atom. The molecule has 0 atom stereocenters. The first-order chi connectivity index (χ1) is 10.9. The Morgan fingerprint density at radius 1 is 1.12 bits per heavy atom. The van der Waals surface area contributed by atoms with Gasteiger partial charge in [-0.15, -0.1) is 0 Å². The van der Waals surface area contributed by atoms with E-state index >= 15 is 0 Å². The molecule has 1 fully saturated rings.